The lowest BCUT2D eigenvalue weighted by atomic mass is 9.71. The summed E-state index contributed by atoms with van der Waals surface area (Å²) in [7, 11) is 0. The molecule has 0 aliphatic heterocycles. The van der Waals surface area contributed by atoms with E-state index in [-0.39, 0.29) is 0 Å². The summed E-state index contributed by atoms with van der Waals surface area (Å²) in [5.41, 5.74) is 0.375. The molecule has 0 spiro atoms. The Labute approximate surface area is 120 Å². The van der Waals surface area contributed by atoms with Gasteiger partial charge in [-0.3, -0.25) is 0 Å². The van der Waals surface area contributed by atoms with E-state index in [1.165, 1.54) is 6.42 Å². The number of nitrogens with zero attached hydrogens (tertiary/aromatic N) is 2. The molecular weight excluding hydrogens is 258 g/mol. The molecule has 108 valence electrons. The molecule has 1 aliphatic rings. The maximum absolute atomic E-state index is 6.04. The molecule has 0 radical (unpaired) electrons. The maximum Gasteiger partial charge on any atom is 0.294 e. The van der Waals surface area contributed by atoms with Crippen LogP contribution in [0.15, 0.2) is 0 Å². The molecule has 5 heteroatoms. The van der Waals surface area contributed by atoms with Gasteiger partial charge in [0.25, 0.3) is 5.19 Å². The SMILES string of the molecule is CCNCc1nnc(OC2CC(C)CC(C)(C)C2)s1. The van der Waals surface area contributed by atoms with Crippen molar-refractivity contribution in [1.82, 2.24) is 15.5 Å². The number of aromatic nitrogens is 2. The molecule has 1 heterocycles. The lowest BCUT2D eigenvalue weighted by Crippen LogP contribution is -2.34. The van der Waals surface area contributed by atoms with E-state index in [0.29, 0.717) is 11.5 Å². The molecule has 0 aromatic carbocycles. The summed E-state index contributed by atoms with van der Waals surface area (Å²) >= 11 is 1.56. The number of nitrogens with one attached hydrogen (secondary N) is 1. The third-order valence-electron chi connectivity index (χ3n) is 3.59. The van der Waals surface area contributed by atoms with Gasteiger partial charge in [-0.2, -0.15) is 0 Å². The highest BCUT2D eigenvalue weighted by atomic mass is 32.1. The Hall–Kier alpha value is -0.680. The van der Waals surface area contributed by atoms with Gasteiger partial charge in [-0.15, -0.1) is 5.10 Å². The summed E-state index contributed by atoms with van der Waals surface area (Å²) < 4.78 is 6.04. The molecule has 1 aromatic rings. The average molecular weight is 283 g/mol. The highest BCUT2D eigenvalue weighted by Gasteiger charge is 2.33. The lowest BCUT2D eigenvalue weighted by molar-refractivity contribution is 0.0556. The lowest BCUT2D eigenvalue weighted by Gasteiger charge is -2.38. The number of rotatable bonds is 5. The molecule has 1 aliphatic carbocycles. The average Bonchev–Trinajstić information content (AvgIpc) is 2.71. The van der Waals surface area contributed by atoms with E-state index < -0.39 is 0 Å². The van der Waals surface area contributed by atoms with Crippen LogP contribution in [0.3, 0.4) is 0 Å². The maximum atomic E-state index is 6.04. The fraction of sp³-hybridized carbons (Fsp3) is 0.857. The number of hydrogen-bond acceptors (Lipinski definition) is 5. The molecule has 2 rings (SSSR count). The van der Waals surface area contributed by atoms with Gasteiger partial charge >= 0.3 is 0 Å². The van der Waals surface area contributed by atoms with Gasteiger partial charge in [-0.05, 0) is 37.1 Å². The molecule has 1 aromatic heterocycles. The highest BCUT2D eigenvalue weighted by molar-refractivity contribution is 7.13. The van der Waals surface area contributed by atoms with Crippen molar-refractivity contribution in [2.24, 2.45) is 11.3 Å². The van der Waals surface area contributed by atoms with Crippen molar-refractivity contribution < 1.29 is 4.74 Å². The van der Waals surface area contributed by atoms with Crippen LogP contribution in [0.2, 0.25) is 0 Å². The minimum absolute atomic E-state index is 0.290. The van der Waals surface area contributed by atoms with Crippen LogP contribution in [-0.4, -0.2) is 22.8 Å². The van der Waals surface area contributed by atoms with Crippen molar-refractivity contribution in [2.75, 3.05) is 6.54 Å². The molecule has 2 atom stereocenters. The first kappa shape index (κ1) is 14.7. The van der Waals surface area contributed by atoms with E-state index in [1.54, 1.807) is 11.3 Å². The topological polar surface area (TPSA) is 47.0 Å². The summed E-state index contributed by atoms with van der Waals surface area (Å²) in [6, 6.07) is 0. The smallest absolute Gasteiger partial charge is 0.294 e. The van der Waals surface area contributed by atoms with E-state index >= 15 is 0 Å². The van der Waals surface area contributed by atoms with Gasteiger partial charge in [0.1, 0.15) is 11.1 Å². The monoisotopic (exact) mass is 283 g/mol. The van der Waals surface area contributed by atoms with Gasteiger partial charge in [0, 0.05) is 6.54 Å². The second-order valence-electron chi connectivity index (χ2n) is 6.40. The van der Waals surface area contributed by atoms with Crippen LogP contribution in [0.25, 0.3) is 0 Å². The van der Waals surface area contributed by atoms with E-state index in [0.717, 1.165) is 42.1 Å². The van der Waals surface area contributed by atoms with Crippen molar-refractivity contribution in [1.29, 1.82) is 0 Å². The van der Waals surface area contributed by atoms with Crippen molar-refractivity contribution in [3.63, 3.8) is 0 Å². The third-order valence-corrected chi connectivity index (χ3v) is 4.40. The zero-order valence-electron chi connectivity index (χ0n) is 12.4. The summed E-state index contributed by atoms with van der Waals surface area (Å²) in [5.74, 6) is 0.725. The molecule has 2 unspecified atom stereocenters. The minimum Gasteiger partial charge on any atom is -0.466 e. The predicted molar refractivity (Wildman–Crippen MR) is 78.5 cm³/mol. The van der Waals surface area contributed by atoms with Gasteiger partial charge in [0.2, 0.25) is 0 Å². The normalized spacial score (nSPS) is 26.3. The van der Waals surface area contributed by atoms with E-state index in [2.05, 4.69) is 43.2 Å². The van der Waals surface area contributed by atoms with Crippen molar-refractivity contribution in [3.05, 3.63) is 5.01 Å². The largest absolute Gasteiger partial charge is 0.466 e. The Bertz CT molecular complexity index is 405. The Kier molecular flexibility index (Phi) is 4.79. The highest BCUT2D eigenvalue weighted by Crippen LogP contribution is 2.40. The number of ether oxygens (including phenoxy) is 1. The van der Waals surface area contributed by atoms with Gasteiger partial charge in [0.15, 0.2) is 0 Å². The molecule has 1 N–H and O–H groups in total. The Morgan fingerprint density at radius 2 is 2.16 bits per heavy atom. The zero-order valence-corrected chi connectivity index (χ0v) is 13.2. The van der Waals surface area contributed by atoms with Crippen molar-refractivity contribution in [2.45, 2.75) is 59.6 Å². The van der Waals surface area contributed by atoms with Crippen LogP contribution in [0, 0.1) is 11.3 Å². The first-order valence-electron chi connectivity index (χ1n) is 7.18. The van der Waals surface area contributed by atoms with Crippen molar-refractivity contribution in [3.8, 4) is 5.19 Å². The Morgan fingerprint density at radius 3 is 2.84 bits per heavy atom. The molecule has 0 saturated heterocycles. The second kappa shape index (κ2) is 6.18. The molecule has 0 bridgehead atoms. The van der Waals surface area contributed by atoms with Gasteiger partial charge in [-0.25, -0.2) is 0 Å². The summed E-state index contributed by atoms with van der Waals surface area (Å²) in [6.45, 7) is 10.8. The minimum atomic E-state index is 0.290. The van der Waals surface area contributed by atoms with E-state index in [9.17, 15) is 0 Å². The van der Waals surface area contributed by atoms with Crippen LogP contribution in [0.4, 0.5) is 0 Å². The first-order valence-corrected chi connectivity index (χ1v) is 8.00. The molecule has 0 amide bonds. The molecule has 4 nitrogen and oxygen atoms in total. The van der Waals surface area contributed by atoms with E-state index in [4.69, 9.17) is 4.74 Å². The molecule has 1 fully saturated rings. The molecule has 19 heavy (non-hydrogen) atoms. The van der Waals surface area contributed by atoms with Crippen LogP contribution in [0.1, 0.15) is 52.0 Å². The van der Waals surface area contributed by atoms with Crippen LogP contribution >= 0.6 is 11.3 Å². The van der Waals surface area contributed by atoms with Crippen molar-refractivity contribution >= 4 is 11.3 Å². The Balaban J connectivity index is 1.91. The van der Waals surface area contributed by atoms with Crippen LogP contribution in [-0.2, 0) is 6.54 Å². The number of hydrogen-bond donors (Lipinski definition) is 1. The predicted octanol–water partition coefficient (Wildman–Crippen LogP) is 3.24. The van der Waals surface area contributed by atoms with E-state index in [1.807, 2.05) is 0 Å². The fourth-order valence-corrected chi connectivity index (χ4v) is 3.80. The quantitative estimate of drug-likeness (QED) is 0.901. The standard InChI is InChI=1S/C14H25N3OS/c1-5-15-9-12-16-17-13(19-12)18-11-6-10(2)7-14(3,4)8-11/h10-11,15H,5-9H2,1-4H3. The zero-order chi connectivity index (χ0) is 13.9. The molecular formula is C14H25N3OS. The summed E-state index contributed by atoms with van der Waals surface area (Å²) in [4.78, 5) is 0. The van der Waals surface area contributed by atoms with Crippen LogP contribution < -0.4 is 10.1 Å². The van der Waals surface area contributed by atoms with Crippen LogP contribution in [0.5, 0.6) is 5.19 Å². The van der Waals surface area contributed by atoms with Gasteiger partial charge in [-0.1, -0.05) is 44.1 Å². The van der Waals surface area contributed by atoms with Gasteiger partial charge < -0.3 is 10.1 Å². The first-order chi connectivity index (χ1) is 8.98. The fourth-order valence-electron chi connectivity index (χ4n) is 3.08. The molecule has 1 saturated carbocycles. The summed E-state index contributed by atoms with van der Waals surface area (Å²) in [5, 5.41) is 13.3. The second-order valence-corrected chi connectivity index (χ2v) is 7.42. The summed E-state index contributed by atoms with van der Waals surface area (Å²) in [6.07, 6.45) is 3.82. The van der Waals surface area contributed by atoms with Gasteiger partial charge in [0.05, 0.1) is 0 Å². The third kappa shape index (κ3) is 4.42. The Morgan fingerprint density at radius 1 is 1.37 bits per heavy atom.